The predicted octanol–water partition coefficient (Wildman–Crippen LogP) is 1.96. The third-order valence-corrected chi connectivity index (χ3v) is 3.78. The first-order valence-corrected chi connectivity index (χ1v) is 7.14. The van der Waals surface area contributed by atoms with Crippen LogP contribution in [-0.4, -0.2) is 19.2 Å². The Balaban J connectivity index is 2.06. The molecule has 0 saturated carbocycles. The minimum atomic E-state index is -3.69. The van der Waals surface area contributed by atoms with Gasteiger partial charge in [0.05, 0.1) is 4.47 Å². The van der Waals surface area contributed by atoms with E-state index >= 15 is 0 Å². The summed E-state index contributed by atoms with van der Waals surface area (Å²) in [7, 11) is 1.71. The SMILES string of the molecule is CNC1=NC(N)(c2cc(Br)c3c(c2)OC(F)(F)O3)NC(C)=C1. The van der Waals surface area contributed by atoms with Gasteiger partial charge in [0.1, 0.15) is 5.84 Å². The average molecular weight is 375 g/mol. The quantitative estimate of drug-likeness (QED) is 0.700. The van der Waals surface area contributed by atoms with Crippen molar-refractivity contribution in [2.45, 2.75) is 19.0 Å². The van der Waals surface area contributed by atoms with Crippen molar-refractivity contribution in [2.24, 2.45) is 10.7 Å². The van der Waals surface area contributed by atoms with Crippen LogP contribution in [0.25, 0.3) is 0 Å². The number of hydrogen-bond donors (Lipinski definition) is 3. The second kappa shape index (κ2) is 4.82. The van der Waals surface area contributed by atoms with E-state index in [-0.39, 0.29) is 11.5 Å². The van der Waals surface area contributed by atoms with Gasteiger partial charge in [0.2, 0.25) is 5.79 Å². The van der Waals surface area contributed by atoms with E-state index in [9.17, 15) is 8.78 Å². The van der Waals surface area contributed by atoms with Crippen LogP contribution >= 0.6 is 15.9 Å². The van der Waals surface area contributed by atoms with E-state index in [4.69, 9.17) is 5.73 Å². The molecule has 0 aromatic heterocycles. The largest absolute Gasteiger partial charge is 0.586 e. The van der Waals surface area contributed by atoms with E-state index in [1.54, 1.807) is 19.2 Å². The lowest BCUT2D eigenvalue weighted by Gasteiger charge is -2.32. The number of benzene rings is 1. The molecule has 2 heterocycles. The van der Waals surface area contributed by atoms with Gasteiger partial charge >= 0.3 is 6.29 Å². The molecule has 1 unspecified atom stereocenters. The third-order valence-electron chi connectivity index (χ3n) is 3.19. The van der Waals surface area contributed by atoms with E-state index in [2.05, 4.69) is 41.0 Å². The Morgan fingerprint density at radius 3 is 2.77 bits per heavy atom. The van der Waals surface area contributed by atoms with Gasteiger partial charge in [-0.1, -0.05) is 0 Å². The summed E-state index contributed by atoms with van der Waals surface area (Å²) in [5, 5.41) is 5.92. The topological polar surface area (TPSA) is 80.9 Å². The van der Waals surface area contributed by atoms with Gasteiger partial charge in [0, 0.05) is 18.3 Å². The van der Waals surface area contributed by atoms with Crippen LogP contribution in [0.2, 0.25) is 0 Å². The number of halogens is 3. The van der Waals surface area contributed by atoms with E-state index in [1.807, 2.05) is 6.92 Å². The molecule has 9 heteroatoms. The predicted molar refractivity (Wildman–Crippen MR) is 79.6 cm³/mol. The number of likely N-dealkylation sites (N-methyl/N-ethyl adjacent to an activating group) is 1. The van der Waals surface area contributed by atoms with Crippen molar-refractivity contribution >= 4 is 21.8 Å². The fraction of sp³-hybridized carbons (Fsp3) is 0.308. The van der Waals surface area contributed by atoms with Crippen LogP contribution in [0.15, 0.2) is 33.4 Å². The molecule has 6 nitrogen and oxygen atoms in total. The zero-order valence-corrected chi connectivity index (χ0v) is 13.3. The number of ether oxygens (including phenoxy) is 2. The first-order valence-electron chi connectivity index (χ1n) is 6.35. The van der Waals surface area contributed by atoms with Crippen molar-refractivity contribution in [3.63, 3.8) is 0 Å². The van der Waals surface area contributed by atoms with Crippen LogP contribution in [0, 0.1) is 0 Å². The highest BCUT2D eigenvalue weighted by Gasteiger charge is 2.45. The molecule has 1 aromatic carbocycles. The second-order valence-corrected chi connectivity index (χ2v) is 5.77. The number of alkyl halides is 2. The molecule has 2 aliphatic rings. The van der Waals surface area contributed by atoms with Crippen LogP contribution in [0.4, 0.5) is 8.78 Å². The van der Waals surface area contributed by atoms with Gasteiger partial charge in [0.25, 0.3) is 0 Å². The molecule has 0 bridgehead atoms. The van der Waals surface area contributed by atoms with E-state index in [0.29, 0.717) is 15.9 Å². The molecule has 0 spiro atoms. The number of amidine groups is 1. The van der Waals surface area contributed by atoms with Gasteiger partial charge in [0.15, 0.2) is 11.5 Å². The van der Waals surface area contributed by atoms with Crippen LogP contribution in [0.3, 0.4) is 0 Å². The summed E-state index contributed by atoms with van der Waals surface area (Å²) in [6.45, 7) is 1.82. The average Bonchev–Trinajstić information content (AvgIpc) is 2.72. The lowest BCUT2D eigenvalue weighted by Crippen LogP contribution is -2.51. The minimum absolute atomic E-state index is 0.0711. The van der Waals surface area contributed by atoms with Crippen LogP contribution < -0.4 is 25.8 Å². The van der Waals surface area contributed by atoms with Crippen molar-refractivity contribution in [3.05, 3.63) is 33.9 Å². The molecule has 1 atom stereocenters. The molecule has 4 N–H and O–H groups in total. The smallest absolute Gasteiger partial charge is 0.395 e. The monoisotopic (exact) mass is 374 g/mol. The Hall–Kier alpha value is -1.87. The number of fused-ring (bicyclic) bond motifs is 1. The van der Waals surface area contributed by atoms with Gasteiger partial charge in [-0.05, 0) is 41.1 Å². The molecule has 0 radical (unpaired) electrons. The summed E-state index contributed by atoms with van der Waals surface area (Å²) in [5.74, 6) is -0.916. The summed E-state index contributed by atoms with van der Waals surface area (Å²) in [4.78, 5) is 4.35. The standard InChI is InChI=1S/C13H13BrF2N4O2/c1-6-3-10(18-2)20-12(17,19-6)7-4-8(14)11-9(5-7)21-13(15,16)22-11/h3-5,19H,17H2,1-2H3,(H,18,20). The summed E-state index contributed by atoms with van der Waals surface area (Å²) in [6, 6.07) is 2.94. The highest BCUT2D eigenvalue weighted by Crippen LogP contribution is 2.47. The Bertz CT molecular complexity index is 708. The first-order chi connectivity index (χ1) is 10.2. The zero-order valence-electron chi connectivity index (χ0n) is 11.7. The number of nitrogens with zero attached hydrogens (tertiary/aromatic N) is 1. The van der Waals surface area contributed by atoms with Crippen LogP contribution in [0.5, 0.6) is 11.5 Å². The molecular formula is C13H13BrF2N4O2. The van der Waals surface area contributed by atoms with Crippen molar-refractivity contribution in [2.75, 3.05) is 7.05 Å². The zero-order chi connectivity index (χ0) is 16.1. The van der Waals surface area contributed by atoms with E-state index in [1.165, 1.54) is 6.07 Å². The number of rotatable bonds is 1. The molecule has 0 fully saturated rings. The van der Waals surface area contributed by atoms with Crippen molar-refractivity contribution in [3.8, 4) is 11.5 Å². The Morgan fingerprint density at radius 2 is 2.09 bits per heavy atom. The number of aliphatic imine (C=N–C) groups is 1. The van der Waals surface area contributed by atoms with Crippen LogP contribution in [0.1, 0.15) is 12.5 Å². The molecule has 0 amide bonds. The van der Waals surface area contributed by atoms with Gasteiger partial charge < -0.3 is 20.1 Å². The Kier molecular flexibility index (Phi) is 3.29. The van der Waals surface area contributed by atoms with Crippen molar-refractivity contribution in [1.29, 1.82) is 0 Å². The fourth-order valence-electron chi connectivity index (χ4n) is 2.29. The molecule has 22 heavy (non-hydrogen) atoms. The molecule has 2 aliphatic heterocycles. The summed E-state index contributed by atoms with van der Waals surface area (Å²) in [5.41, 5.74) is 7.51. The maximum atomic E-state index is 13.2. The normalized spacial score (nSPS) is 25.2. The molecule has 0 saturated heterocycles. The van der Waals surface area contributed by atoms with Gasteiger partial charge in [-0.25, -0.2) is 4.99 Å². The van der Waals surface area contributed by atoms with E-state index < -0.39 is 12.1 Å². The van der Waals surface area contributed by atoms with E-state index in [0.717, 1.165) is 5.70 Å². The molecular weight excluding hydrogens is 362 g/mol. The summed E-state index contributed by atoms with van der Waals surface area (Å²) >= 11 is 3.19. The van der Waals surface area contributed by atoms with Crippen molar-refractivity contribution < 1.29 is 18.3 Å². The lowest BCUT2D eigenvalue weighted by atomic mass is 10.1. The molecule has 1 aromatic rings. The van der Waals surface area contributed by atoms with Crippen molar-refractivity contribution in [1.82, 2.24) is 10.6 Å². The molecule has 0 aliphatic carbocycles. The number of nitrogens with one attached hydrogen (secondary N) is 2. The maximum absolute atomic E-state index is 13.2. The Morgan fingerprint density at radius 1 is 1.36 bits per heavy atom. The van der Waals surface area contributed by atoms with Crippen LogP contribution in [-0.2, 0) is 5.79 Å². The third kappa shape index (κ3) is 2.50. The Labute approximate surface area is 133 Å². The summed E-state index contributed by atoms with van der Waals surface area (Å²) < 4.78 is 35.6. The lowest BCUT2D eigenvalue weighted by molar-refractivity contribution is -0.286. The number of nitrogens with two attached hydrogens (primary N) is 1. The molecule has 3 rings (SSSR count). The highest BCUT2D eigenvalue weighted by atomic mass is 79.9. The summed E-state index contributed by atoms with van der Waals surface area (Å²) in [6.07, 6.45) is -1.91. The van der Waals surface area contributed by atoms with Gasteiger partial charge in [-0.3, -0.25) is 5.73 Å². The maximum Gasteiger partial charge on any atom is 0.586 e. The van der Waals surface area contributed by atoms with Gasteiger partial charge in [-0.15, -0.1) is 8.78 Å². The first kappa shape index (κ1) is 15.0. The highest BCUT2D eigenvalue weighted by molar-refractivity contribution is 9.10. The number of hydrogen-bond acceptors (Lipinski definition) is 6. The second-order valence-electron chi connectivity index (χ2n) is 4.92. The molecule has 118 valence electrons. The minimum Gasteiger partial charge on any atom is -0.395 e. The van der Waals surface area contributed by atoms with Gasteiger partial charge in [-0.2, -0.15) is 0 Å². The fourth-order valence-corrected chi connectivity index (χ4v) is 2.81. The number of allylic oxidation sites excluding steroid dienone is 1.